The number of nitriles is 1. The number of nitrogens with one attached hydrogen (secondary N) is 1. The van der Waals surface area contributed by atoms with Crippen LogP contribution in [0.2, 0.25) is 0 Å². The zero-order valence-corrected chi connectivity index (χ0v) is 12.6. The van der Waals surface area contributed by atoms with Gasteiger partial charge < -0.3 is 16.2 Å². The van der Waals surface area contributed by atoms with Gasteiger partial charge in [0.25, 0.3) is 0 Å². The molecule has 4 N–H and O–H groups in total. The molecule has 9 heteroatoms. The molecule has 24 heavy (non-hydrogen) atoms. The van der Waals surface area contributed by atoms with Crippen molar-refractivity contribution in [3.63, 3.8) is 0 Å². The molecule has 0 saturated heterocycles. The van der Waals surface area contributed by atoms with Crippen molar-refractivity contribution in [2.45, 2.75) is 13.0 Å². The van der Waals surface area contributed by atoms with Crippen molar-refractivity contribution in [1.82, 2.24) is 19.5 Å². The number of nitrogen functional groups attached to an aromatic ring is 1. The van der Waals surface area contributed by atoms with E-state index in [0.29, 0.717) is 17.2 Å². The topological polar surface area (TPSA) is 143 Å². The first kappa shape index (κ1) is 15.2. The summed E-state index contributed by atoms with van der Waals surface area (Å²) in [6.45, 7) is 1.63. The molecule has 0 bridgehead atoms. The molecule has 9 nitrogen and oxygen atoms in total. The lowest BCUT2D eigenvalue weighted by molar-refractivity contribution is 0.0697. The summed E-state index contributed by atoms with van der Waals surface area (Å²) in [6, 6.07) is 4.79. The number of nitrogens with two attached hydrogens (primary N) is 1. The summed E-state index contributed by atoms with van der Waals surface area (Å²) < 4.78 is 1.67. The average Bonchev–Trinajstić information content (AvgIpc) is 2.97. The summed E-state index contributed by atoms with van der Waals surface area (Å²) in [5, 5.41) is 21.8. The van der Waals surface area contributed by atoms with Gasteiger partial charge in [-0.1, -0.05) is 0 Å². The minimum Gasteiger partial charge on any atom is -0.478 e. The van der Waals surface area contributed by atoms with Crippen LogP contribution in [0, 0.1) is 11.3 Å². The Morgan fingerprint density at radius 1 is 1.46 bits per heavy atom. The van der Waals surface area contributed by atoms with Gasteiger partial charge in [0.1, 0.15) is 17.4 Å². The summed E-state index contributed by atoms with van der Waals surface area (Å²) in [4.78, 5) is 23.6. The molecule has 3 rings (SSSR count). The molecule has 0 saturated carbocycles. The van der Waals surface area contributed by atoms with Gasteiger partial charge in [-0.2, -0.15) is 10.2 Å². The summed E-state index contributed by atoms with van der Waals surface area (Å²) >= 11 is 0. The van der Waals surface area contributed by atoms with Crippen molar-refractivity contribution in [2.75, 3.05) is 11.1 Å². The van der Waals surface area contributed by atoms with E-state index in [2.05, 4.69) is 20.3 Å². The van der Waals surface area contributed by atoms with Crippen LogP contribution in [-0.2, 0) is 0 Å². The molecule has 0 aliphatic carbocycles. The Bertz CT molecular complexity index is 974. The molecule has 0 aliphatic heterocycles. The number of anilines is 2. The highest BCUT2D eigenvalue weighted by atomic mass is 16.4. The molecule has 3 aromatic heterocycles. The van der Waals surface area contributed by atoms with Crippen LogP contribution < -0.4 is 11.1 Å². The maximum absolute atomic E-state index is 11.3. The average molecular weight is 323 g/mol. The van der Waals surface area contributed by atoms with Gasteiger partial charge in [0.15, 0.2) is 5.65 Å². The highest BCUT2D eigenvalue weighted by Crippen LogP contribution is 2.22. The number of hydrogen-bond donors (Lipinski definition) is 3. The number of carboxylic acids is 1. The van der Waals surface area contributed by atoms with Crippen LogP contribution in [0.5, 0.6) is 0 Å². The molecule has 1 atom stereocenters. The molecule has 0 aliphatic rings. The zero-order chi connectivity index (χ0) is 17.3. The van der Waals surface area contributed by atoms with Gasteiger partial charge >= 0.3 is 5.97 Å². The molecule has 0 amide bonds. The molecule has 0 aromatic carbocycles. The highest BCUT2D eigenvalue weighted by molar-refractivity contribution is 5.94. The normalized spacial score (nSPS) is 11.8. The predicted octanol–water partition coefficient (Wildman–Crippen LogP) is 1.42. The number of carboxylic acid groups (broad SMARTS) is 1. The monoisotopic (exact) mass is 323 g/mol. The largest absolute Gasteiger partial charge is 0.478 e. The first-order valence-electron chi connectivity index (χ1n) is 6.99. The molecular formula is C15H13N7O2. The van der Waals surface area contributed by atoms with E-state index in [9.17, 15) is 9.90 Å². The summed E-state index contributed by atoms with van der Waals surface area (Å²) in [7, 11) is 0. The fraction of sp³-hybridized carbons (Fsp3) is 0.133. The lowest BCUT2D eigenvalue weighted by Gasteiger charge is -2.13. The van der Waals surface area contributed by atoms with E-state index < -0.39 is 12.0 Å². The molecule has 0 fully saturated rings. The van der Waals surface area contributed by atoms with E-state index in [1.807, 2.05) is 6.07 Å². The number of carbonyl (C=O) groups is 1. The first-order valence-corrected chi connectivity index (χ1v) is 6.99. The predicted molar refractivity (Wildman–Crippen MR) is 86.7 cm³/mol. The van der Waals surface area contributed by atoms with Gasteiger partial charge in [-0.3, -0.25) is 4.57 Å². The van der Waals surface area contributed by atoms with Crippen molar-refractivity contribution in [3.05, 3.63) is 36.3 Å². The van der Waals surface area contributed by atoms with Crippen LogP contribution in [0.3, 0.4) is 0 Å². The fourth-order valence-electron chi connectivity index (χ4n) is 2.25. The van der Waals surface area contributed by atoms with Gasteiger partial charge in [0, 0.05) is 30.0 Å². The Morgan fingerprint density at radius 3 is 2.96 bits per heavy atom. The second kappa shape index (κ2) is 5.85. The first-order chi connectivity index (χ1) is 11.5. The van der Waals surface area contributed by atoms with Gasteiger partial charge in [0.2, 0.25) is 5.95 Å². The molecule has 120 valence electrons. The SMILES string of the molecule is C[C@H](C#N)Nc1cc(-n2ccc3cnc(N)nc32)ncc1C(=O)O. The van der Waals surface area contributed by atoms with Crippen molar-refractivity contribution >= 4 is 28.6 Å². The number of hydrogen-bond acceptors (Lipinski definition) is 7. The lowest BCUT2D eigenvalue weighted by atomic mass is 10.2. The summed E-state index contributed by atoms with van der Waals surface area (Å²) in [5.74, 6) is -0.563. The Labute approximate surface area is 136 Å². The second-order valence-corrected chi connectivity index (χ2v) is 5.08. The van der Waals surface area contributed by atoms with Crippen molar-refractivity contribution < 1.29 is 9.90 Å². The van der Waals surface area contributed by atoms with Crippen molar-refractivity contribution in [2.24, 2.45) is 0 Å². The molecule has 0 unspecified atom stereocenters. The van der Waals surface area contributed by atoms with Crippen LogP contribution in [0.15, 0.2) is 30.7 Å². The maximum Gasteiger partial charge on any atom is 0.339 e. The molecule has 3 heterocycles. The van der Waals surface area contributed by atoms with Gasteiger partial charge in [-0.05, 0) is 13.0 Å². The van der Waals surface area contributed by atoms with Gasteiger partial charge in [-0.25, -0.2) is 14.8 Å². The molecule has 0 radical (unpaired) electrons. The van der Waals surface area contributed by atoms with Crippen molar-refractivity contribution in [3.8, 4) is 11.9 Å². The third-order valence-corrected chi connectivity index (χ3v) is 3.38. The number of aromatic nitrogens is 4. The van der Waals surface area contributed by atoms with Crippen LogP contribution in [0.4, 0.5) is 11.6 Å². The Hall–Kier alpha value is -3.67. The van der Waals surface area contributed by atoms with E-state index in [1.165, 1.54) is 6.20 Å². The molecule has 0 spiro atoms. The smallest absolute Gasteiger partial charge is 0.339 e. The number of nitrogens with zero attached hydrogens (tertiary/aromatic N) is 5. The number of rotatable bonds is 4. The van der Waals surface area contributed by atoms with E-state index in [0.717, 1.165) is 5.39 Å². The fourth-order valence-corrected chi connectivity index (χ4v) is 2.25. The number of aromatic carboxylic acids is 1. The summed E-state index contributed by atoms with van der Waals surface area (Å²) in [6.07, 6.45) is 4.57. The van der Waals surface area contributed by atoms with Gasteiger partial charge in [-0.15, -0.1) is 0 Å². The Kier molecular flexibility index (Phi) is 3.71. The van der Waals surface area contributed by atoms with E-state index in [1.54, 1.807) is 36.0 Å². The van der Waals surface area contributed by atoms with Crippen molar-refractivity contribution in [1.29, 1.82) is 5.26 Å². The third-order valence-electron chi connectivity index (χ3n) is 3.38. The maximum atomic E-state index is 11.3. The van der Waals surface area contributed by atoms with Crippen LogP contribution in [0.1, 0.15) is 17.3 Å². The lowest BCUT2D eigenvalue weighted by Crippen LogP contribution is -2.16. The van der Waals surface area contributed by atoms with Crippen LogP contribution >= 0.6 is 0 Å². The highest BCUT2D eigenvalue weighted by Gasteiger charge is 2.15. The molecule has 3 aromatic rings. The minimum absolute atomic E-state index is 0.0218. The Morgan fingerprint density at radius 2 is 2.25 bits per heavy atom. The standard InChI is InChI=1S/C15H13N7O2/c1-8(5-16)20-11-4-12(18-7-10(11)14(23)24)22-3-2-9-6-19-15(17)21-13(9)22/h2-4,6-8H,1H3,(H,18,20)(H,23,24)(H2,17,19,21)/t8-/m1/s1. The summed E-state index contributed by atoms with van der Waals surface area (Å²) in [5.41, 5.74) is 6.45. The van der Waals surface area contributed by atoms with Gasteiger partial charge in [0.05, 0.1) is 11.8 Å². The van der Waals surface area contributed by atoms with Crippen LogP contribution in [-0.4, -0.2) is 36.6 Å². The Balaban J connectivity index is 2.14. The number of pyridine rings is 1. The third kappa shape index (κ3) is 2.68. The van der Waals surface area contributed by atoms with E-state index in [-0.39, 0.29) is 11.5 Å². The van der Waals surface area contributed by atoms with E-state index >= 15 is 0 Å². The van der Waals surface area contributed by atoms with Crippen LogP contribution in [0.25, 0.3) is 16.9 Å². The minimum atomic E-state index is -1.13. The number of fused-ring (bicyclic) bond motifs is 1. The molecular weight excluding hydrogens is 310 g/mol. The quantitative estimate of drug-likeness (QED) is 0.654. The second-order valence-electron chi connectivity index (χ2n) is 5.08. The zero-order valence-electron chi connectivity index (χ0n) is 12.6. The van der Waals surface area contributed by atoms with E-state index in [4.69, 9.17) is 11.0 Å².